The number of hydrogen-bond donors (Lipinski definition) is 0. The molecule has 0 bridgehead atoms. The van der Waals surface area contributed by atoms with Gasteiger partial charge in [-0.15, -0.1) is 11.3 Å². The van der Waals surface area contributed by atoms with E-state index in [1.165, 1.54) is 15.9 Å². The van der Waals surface area contributed by atoms with Gasteiger partial charge in [-0.05, 0) is 38.5 Å². The Balaban J connectivity index is 1.64. The summed E-state index contributed by atoms with van der Waals surface area (Å²) >= 11 is 1.49. The van der Waals surface area contributed by atoms with Crippen LogP contribution in [-0.4, -0.2) is 28.7 Å². The number of benzene rings is 1. The molecule has 136 valence electrons. The monoisotopic (exact) mass is 372 g/mol. The Morgan fingerprint density at radius 2 is 1.88 bits per heavy atom. The molecule has 0 unspecified atom stereocenters. The minimum atomic E-state index is -0.488. The molecule has 0 saturated carbocycles. The minimum absolute atomic E-state index is 0.119. The number of rotatable bonds is 6. The molecular weight excluding hydrogens is 352 g/mol. The second-order valence-electron chi connectivity index (χ2n) is 5.90. The van der Waals surface area contributed by atoms with Gasteiger partial charge in [0.05, 0.1) is 5.39 Å². The zero-order chi connectivity index (χ0) is 18.7. The standard InChI is InChI=1S/C19H20N2O4S/c1-12-13(2)26-18-17(12)19(23)21(14(3)20-18)11-16(22)25-10-9-24-15-7-5-4-6-8-15/h4-8H,9-11H2,1-3H3. The predicted octanol–water partition coefficient (Wildman–Crippen LogP) is 3.01. The molecule has 0 saturated heterocycles. The van der Waals surface area contributed by atoms with Crippen molar-refractivity contribution in [1.82, 2.24) is 9.55 Å². The second kappa shape index (κ2) is 7.70. The van der Waals surface area contributed by atoms with Crippen molar-refractivity contribution in [2.75, 3.05) is 13.2 Å². The SMILES string of the molecule is Cc1sc2nc(C)n(CC(=O)OCCOc3ccccc3)c(=O)c2c1C. The topological polar surface area (TPSA) is 70.4 Å². The van der Waals surface area contributed by atoms with Gasteiger partial charge >= 0.3 is 5.97 Å². The molecule has 1 aromatic carbocycles. The number of thiophene rings is 1. The van der Waals surface area contributed by atoms with Gasteiger partial charge in [0, 0.05) is 4.88 Å². The number of aryl methyl sites for hydroxylation is 3. The molecule has 0 fully saturated rings. The van der Waals surface area contributed by atoms with Crippen molar-refractivity contribution in [1.29, 1.82) is 0 Å². The van der Waals surface area contributed by atoms with Crippen LogP contribution < -0.4 is 10.3 Å². The first-order valence-electron chi connectivity index (χ1n) is 8.28. The van der Waals surface area contributed by atoms with E-state index < -0.39 is 5.97 Å². The van der Waals surface area contributed by atoms with Crippen LogP contribution in [0.1, 0.15) is 16.3 Å². The predicted molar refractivity (Wildman–Crippen MR) is 101 cm³/mol. The highest BCUT2D eigenvalue weighted by Crippen LogP contribution is 2.26. The summed E-state index contributed by atoms with van der Waals surface area (Å²) in [6, 6.07) is 9.30. The lowest BCUT2D eigenvalue weighted by molar-refractivity contribution is -0.145. The third-order valence-electron chi connectivity index (χ3n) is 4.13. The third-order valence-corrected chi connectivity index (χ3v) is 5.23. The molecule has 7 heteroatoms. The van der Waals surface area contributed by atoms with Gasteiger partial charge < -0.3 is 9.47 Å². The summed E-state index contributed by atoms with van der Waals surface area (Å²) in [5.41, 5.74) is 0.715. The van der Waals surface area contributed by atoms with Gasteiger partial charge in [-0.25, -0.2) is 4.98 Å². The normalized spacial score (nSPS) is 10.9. The molecule has 0 atom stereocenters. The summed E-state index contributed by atoms with van der Waals surface area (Å²) < 4.78 is 12.0. The van der Waals surface area contributed by atoms with Gasteiger partial charge in [-0.1, -0.05) is 18.2 Å². The lowest BCUT2D eigenvalue weighted by Crippen LogP contribution is -2.28. The van der Waals surface area contributed by atoms with E-state index in [1.54, 1.807) is 6.92 Å². The van der Waals surface area contributed by atoms with Gasteiger partial charge in [0.1, 0.15) is 36.2 Å². The maximum absolute atomic E-state index is 12.7. The van der Waals surface area contributed by atoms with E-state index in [0.717, 1.165) is 10.4 Å². The van der Waals surface area contributed by atoms with E-state index in [4.69, 9.17) is 9.47 Å². The van der Waals surface area contributed by atoms with Gasteiger partial charge in [0.25, 0.3) is 5.56 Å². The van der Waals surface area contributed by atoms with Crippen LogP contribution in [0.25, 0.3) is 10.2 Å². The molecule has 0 N–H and O–H groups in total. The van der Waals surface area contributed by atoms with Crippen molar-refractivity contribution in [3.63, 3.8) is 0 Å². The van der Waals surface area contributed by atoms with Crippen molar-refractivity contribution >= 4 is 27.5 Å². The van der Waals surface area contributed by atoms with Crippen LogP contribution in [-0.2, 0) is 16.1 Å². The highest BCUT2D eigenvalue weighted by molar-refractivity contribution is 7.18. The van der Waals surface area contributed by atoms with Crippen LogP contribution in [0.5, 0.6) is 5.75 Å². The summed E-state index contributed by atoms with van der Waals surface area (Å²) in [6.07, 6.45) is 0. The number of hydrogen-bond acceptors (Lipinski definition) is 6. The second-order valence-corrected chi connectivity index (χ2v) is 7.10. The molecule has 0 aliphatic carbocycles. The fourth-order valence-electron chi connectivity index (χ4n) is 2.62. The Labute approximate surface area is 155 Å². The fourth-order valence-corrected chi connectivity index (χ4v) is 3.69. The van der Waals surface area contributed by atoms with Crippen molar-refractivity contribution in [3.8, 4) is 5.75 Å². The summed E-state index contributed by atoms with van der Waals surface area (Å²) in [5, 5.41) is 0.582. The van der Waals surface area contributed by atoms with E-state index in [9.17, 15) is 9.59 Å². The van der Waals surface area contributed by atoms with E-state index in [0.29, 0.717) is 21.8 Å². The first kappa shape index (κ1) is 18.1. The van der Waals surface area contributed by atoms with Crippen molar-refractivity contribution < 1.29 is 14.3 Å². The molecule has 0 spiro atoms. The Hall–Kier alpha value is -2.67. The fraction of sp³-hybridized carbons (Fsp3) is 0.316. The van der Waals surface area contributed by atoms with E-state index >= 15 is 0 Å². The molecule has 3 aromatic rings. The van der Waals surface area contributed by atoms with Crippen LogP contribution >= 0.6 is 11.3 Å². The van der Waals surface area contributed by atoms with Crippen LogP contribution in [0, 0.1) is 20.8 Å². The lowest BCUT2D eigenvalue weighted by Gasteiger charge is -2.10. The number of nitrogens with zero attached hydrogens (tertiary/aromatic N) is 2. The van der Waals surface area contributed by atoms with Gasteiger partial charge in [-0.2, -0.15) is 0 Å². The van der Waals surface area contributed by atoms with E-state index in [1.807, 2.05) is 44.2 Å². The summed E-state index contributed by atoms with van der Waals surface area (Å²) in [7, 11) is 0. The largest absolute Gasteiger partial charge is 0.490 e. The Bertz CT molecular complexity index is 992. The molecule has 0 aliphatic rings. The quantitative estimate of drug-likeness (QED) is 0.491. The molecule has 26 heavy (non-hydrogen) atoms. The first-order chi connectivity index (χ1) is 12.5. The average molecular weight is 372 g/mol. The number of fused-ring (bicyclic) bond motifs is 1. The summed E-state index contributed by atoms with van der Waals surface area (Å²) in [4.78, 5) is 31.0. The van der Waals surface area contributed by atoms with Crippen LogP contribution in [0.3, 0.4) is 0 Å². The van der Waals surface area contributed by atoms with Gasteiger partial charge in [-0.3, -0.25) is 14.2 Å². The average Bonchev–Trinajstić information content (AvgIpc) is 2.90. The number of esters is 1. The van der Waals surface area contributed by atoms with E-state index in [-0.39, 0.29) is 25.3 Å². The first-order valence-corrected chi connectivity index (χ1v) is 9.09. The molecular formula is C19H20N2O4S. The Morgan fingerprint density at radius 1 is 1.15 bits per heavy atom. The molecule has 0 aliphatic heterocycles. The number of ether oxygens (including phenoxy) is 2. The van der Waals surface area contributed by atoms with Gasteiger partial charge in [0.15, 0.2) is 0 Å². The molecule has 2 aromatic heterocycles. The maximum atomic E-state index is 12.7. The van der Waals surface area contributed by atoms with Crippen molar-refractivity contribution in [3.05, 3.63) is 57.0 Å². The molecule has 6 nitrogen and oxygen atoms in total. The zero-order valence-electron chi connectivity index (χ0n) is 14.9. The number of aromatic nitrogens is 2. The van der Waals surface area contributed by atoms with Gasteiger partial charge in [0.2, 0.25) is 0 Å². The summed E-state index contributed by atoms with van der Waals surface area (Å²) in [6.45, 7) is 5.79. The molecule has 0 amide bonds. The Kier molecular flexibility index (Phi) is 5.37. The van der Waals surface area contributed by atoms with Crippen molar-refractivity contribution in [2.45, 2.75) is 27.3 Å². The highest BCUT2D eigenvalue weighted by atomic mass is 32.1. The smallest absolute Gasteiger partial charge is 0.326 e. The highest BCUT2D eigenvalue weighted by Gasteiger charge is 2.16. The maximum Gasteiger partial charge on any atom is 0.326 e. The number of carbonyl (C=O) groups excluding carboxylic acids is 1. The zero-order valence-corrected chi connectivity index (χ0v) is 15.8. The number of carbonyl (C=O) groups is 1. The van der Waals surface area contributed by atoms with Crippen LogP contribution in [0.15, 0.2) is 35.1 Å². The molecule has 3 rings (SSSR count). The third kappa shape index (κ3) is 3.77. The minimum Gasteiger partial charge on any atom is -0.490 e. The van der Waals surface area contributed by atoms with Crippen LogP contribution in [0.4, 0.5) is 0 Å². The van der Waals surface area contributed by atoms with Crippen LogP contribution in [0.2, 0.25) is 0 Å². The Morgan fingerprint density at radius 3 is 2.62 bits per heavy atom. The lowest BCUT2D eigenvalue weighted by atomic mass is 10.2. The molecule has 2 heterocycles. The van der Waals surface area contributed by atoms with E-state index in [2.05, 4.69) is 4.98 Å². The number of para-hydroxylation sites is 1. The summed E-state index contributed by atoms with van der Waals surface area (Å²) in [5.74, 6) is 0.729. The van der Waals surface area contributed by atoms with Crippen molar-refractivity contribution in [2.24, 2.45) is 0 Å². The molecule has 0 radical (unpaired) electrons.